The topological polar surface area (TPSA) is 52.6 Å². The Morgan fingerprint density at radius 3 is 2.53 bits per heavy atom. The first kappa shape index (κ1) is 13.4. The van der Waals surface area contributed by atoms with Crippen molar-refractivity contribution in [2.24, 2.45) is 0 Å². The van der Waals surface area contributed by atoms with Crippen LogP contribution in [0.5, 0.6) is 11.5 Å². The number of anilines is 1. The molecule has 2 aromatic rings. The minimum atomic E-state index is 0.630. The van der Waals surface area contributed by atoms with E-state index in [1.54, 1.807) is 27.5 Å². The second-order valence-corrected chi connectivity index (χ2v) is 4.01. The number of hydrogen-bond acceptors (Lipinski definition) is 5. The zero-order chi connectivity index (χ0) is 13.7. The van der Waals surface area contributed by atoms with E-state index in [1.807, 2.05) is 18.2 Å². The normalized spacial score (nSPS) is 10.5. The lowest BCUT2D eigenvalue weighted by molar-refractivity contribution is 0.210. The Morgan fingerprint density at radius 2 is 1.84 bits per heavy atom. The standard InChI is InChI=1S/C14H18N2O3/c1-17-7-6-16-14-11-9-13(19-3)12(18-2)8-10(11)4-5-15-14/h4-5,8-9H,6-7H2,1-3H3,(H,15,16). The maximum atomic E-state index is 5.32. The van der Waals surface area contributed by atoms with Crippen molar-refractivity contribution in [2.45, 2.75) is 0 Å². The molecule has 0 amide bonds. The predicted octanol–water partition coefficient (Wildman–Crippen LogP) is 2.31. The van der Waals surface area contributed by atoms with Crippen LogP contribution in [0, 0.1) is 0 Å². The van der Waals surface area contributed by atoms with Gasteiger partial charge in [-0.2, -0.15) is 0 Å². The SMILES string of the molecule is COCCNc1nccc2cc(OC)c(OC)cc12. The van der Waals surface area contributed by atoms with Crippen molar-refractivity contribution in [3.63, 3.8) is 0 Å². The van der Waals surface area contributed by atoms with Gasteiger partial charge in [-0.3, -0.25) is 0 Å². The van der Waals surface area contributed by atoms with Crippen LogP contribution in [0.15, 0.2) is 24.4 Å². The number of benzene rings is 1. The number of rotatable bonds is 6. The maximum absolute atomic E-state index is 5.32. The van der Waals surface area contributed by atoms with Crippen LogP contribution in [0.2, 0.25) is 0 Å². The fourth-order valence-corrected chi connectivity index (χ4v) is 1.91. The van der Waals surface area contributed by atoms with Gasteiger partial charge in [0.15, 0.2) is 11.5 Å². The molecular weight excluding hydrogens is 244 g/mol. The van der Waals surface area contributed by atoms with Crippen LogP contribution in [-0.2, 0) is 4.74 Å². The second kappa shape index (κ2) is 6.24. The zero-order valence-corrected chi connectivity index (χ0v) is 11.4. The van der Waals surface area contributed by atoms with Gasteiger partial charge in [-0.15, -0.1) is 0 Å². The molecule has 0 fully saturated rings. The number of fused-ring (bicyclic) bond motifs is 1. The van der Waals surface area contributed by atoms with E-state index < -0.39 is 0 Å². The number of methoxy groups -OCH3 is 3. The van der Waals surface area contributed by atoms with Crippen molar-refractivity contribution in [2.75, 3.05) is 39.8 Å². The lowest BCUT2D eigenvalue weighted by Crippen LogP contribution is -2.09. The first-order valence-corrected chi connectivity index (χ1v) is 6.03. The molecule has 1 aromatic heterocycles. The van der Waals surface area contributed by atoms with E-state index in [1.165, 1.54) is 0 Å². The number of hydrogen-bond donors (Lipinski definition) is 1. The highest BCUT2D eigenvalue weighted by atomic mass is 16.5. The van der Waals surface area contributed by atoms with Gasteiger partial charge in [-0.25, -0.2) is 4.98 Å². The van der Waals surface area contributed by atoms with Crippen LogP contribution in [0.25, 0.3) is 10.8 Å². The minimum absolute atomic E-state index is 0.630. The van der Waals surface area contributed by atoms with Gasteiger partial charge >= 0.3 is 0 Å². The van der Waals surface area contributed by atoms with Gasteiger partial charge in [-0.1, -0.05) is 0 Å². The molecule has 102 valence electrons. The summed E-state index contributed by atoms with van der Waals surface area (Å²) in [6, 6.07) is 5.81. The third-order valence-corrected chi connectivity index (χ3v) is 2.87. The largest absolute Gasteiger partial charge is 0.493 e. The average Bonchev–Trinajstić information content (AvgIpc) is 2.46. The molecule has 1 aromatic carbocycles. The van der Waals surface area contributed by atoms with Crippen molar-refractivity contribution < 1.29 is 14.2 Å². The monoisotopic (exact) mass is 262 g/mol. The van der Waals surface area contributed by atoms with E-state index in [-0.39, 0.29) is 0 Å². The van der Waals surface area contributed by atoms with Crippen LogP contribution in [0.3, 0.4) is 0 Å². The van der Waals surface area contributed by atoms with Crippen LogP contribution in [0.4, 0.5) is 5.82 Å². The zero-order valence-electron chi connectivity index (χ0n) is 11.4. The molecule has 2 rings (SSSR count). The van der Waals surface area contributed by atoms with E-state index in [2.05, 4.69) is 10.3 Å². The van der Waals surface area contributed by atoms with Crippen LogP contribution < -0.4 is 14.8 Å². The fourth-order valence-electron chi connectivity index (χ4n) is 1.91. The van der Waals surface area contributed by atoms with E-state index in [4.69, 9.17) is 14.2 Å². The summed E-state index contributed by atoms with van der Waals surface area (Å²) in [6.07, 6.45) is 1.77. The summed E-state index contributed by atoms with van der Waals surface area (Å²) in [5, 5.41) is 5.29. The van der Waals surface area contributed by atoms with Crippen molar-refractivity contribution in [3.05, 3.63) is 24.4 Å². The molecule has 0 aliphatic heterocycles. The molecule has 0 aliphatic rings. The summed E-state index contributed by atoms with van der Waals surface area (Å²) in [6.45, 7) is 1.34. The van der Waals surface area contributed by atoms with Gasteiger partial charge in [0.1, 0.15) is 5.82 Å². The van der Waals surface area contributed by atoms with Crippen molar-refractivity contribution in [1.29, 1.82) is 0 Å². The Morgan fingerprint density at radius 1 is 1.11 bits per heavy atom. The number of aromatic nitrogens is 1. The number of nitrogens with one attached hydrogen (secondary N) is 1. The molecule has 0 saturated heterocycles. The van der Waals surface area contributed by atoms with E-state index in [0.717, 1.165) is 16.6 Å². The first-order chi connectivity index (χ1) is 9.30. The third kappa shape index (κ3) is 2.88. The first-order valence-electron chi connectivity index (χ1n) is 6.03. The Labute approximate surface area is 112 Å². The smallest absolute Gasteiger partial charge is 0.161 e. The molecule has 1 heterocycles. The lowest BCUT2D eigenvalue weighted by atomic mass is 10.1. The predicted molar refractivity (Wildman–Crippen MR) is 75.2 cm³/mol. The van der Waals surface area contributed by atoms with Gasteiger partial charge < -0.3 is 19.5 Å². The van der Waals surface area contributed by atoms with Crippen molar-refractivity contribution >= 4 is 16.6 Å². The molecule has 5 heteroatoms. The summed E-state index contributed by atoms with van der Waals surface area (Å²) in [7, 11) is 4.92. The molecule has 0 bridgehead atoms. The summed E-state index contributed by atoms with van der Waals surface area (Å²) >= 11 is 0. The Kier molecular flexibility index (Phi) is 4.41. The van der Waals surface area contributed by atoms with Gasteiger partial charge in [0, 0.05) is 25.2 Å². The van der Waals surface area contributed by atoms with E-state index in [9.17, 15) is 0 Å². The molecule has 0 radical (unpaired) electrons. The molecule has 0 spiro atoms. The summed E-state index contributed by atoms with van der Waals surface area (Å²) < 4.78 is 15.6. The highest BCUT2D eigenvalue weighted by Gasteiger charge is 2.09. The average molecular weight is 262 g/mol. The quantitative estimate of drug-likeness (QED) is 0.810. The number of pyridine rings is 1. The number of ether oxygens (including phenoxy) is 3. The van der Waals surface area contributed by atoms with E-state index >= 15 is 0 Å². The third-order valence-electron chi connectivity index (χ3n) is 2.87. The minimum Gasteiger partial charge on any atom is -0.493 e. The van der Waals surface area contributed by atoms with Crippen LogP contribution in [0.1, 0.15) is 0 Å². The molecule has 19 heavy (non-hydrogen) atoms. The van der Waals surface area contributed by atoms with Gasteiger partial charge in [-0.05, 0) is 23.6 Å². The van der Waals surface area contributed by atoms with Gasteiger partial charge in [0.05, 0.1) is 20.8 Å². The molecule has 0 atom stereocenters. The van der Waals surface area contributed by atoms with Gasteiger partial charge in [0.2, 0.25) is 0 Å². The Bertz CT molecular complexity index is 558. The Balaban J connectivity index is 2.42. The second-order valence-electron chi connectivity index (χ2n) is 4.01. The van der Waals surface area contributed by atoms with Gasteiger partial charge in [0.25, 0.3) is 0 Å². The molecular formula is C14H18N2O3. The van der Waals surface area contributed by atoms with Crippen molar-refractivity contribution in [3.8, 4) is 11.5 Å². The lowest BCUT2D eigenvalue weighted by Gasteiger charge is -2.12. The molecule has 1 N–H and O–H groups in total. The summed E-state index contributed by atoms with van der Waals surface area (Å²) in [4.78, 5) is 4.35. The molecule has 0 saturated carbocycles. The maximum Gasteiger partial charge on any atom is 0.161 e. The van der Waals surface area contributed by atoms with Crippen molar-refractivity contribution in [1.82, 2.24) is 4.98 Å². The van der Waals surface area contributed by atoms with E-state index in [0.29, 0.717) is 24.7 Å². The molecule has 0 unspecified atom stereocenters. The molecule has 0 aliphatic carbocycles. The van der Waals surface area contributed by atoms with Crippen LogP contribution >= 0.6 is 0 Å². The summed E-state index contributed by atoms with van der Waals surface area (Å²) in [5.74, 6) is 2.22. The number of nitrogens with zero attached hydrogens (tertiary/aromatic N) is 1. The molecule has 5 nitrogen and oxygen atoms in total. The Hall–Kier alpha value is -2.01. The summed E-state index contributed by atoms with van der Waals surface area (Å²) in [5.41, 5.74) is 0. The fraction of sp³-hybridized carbons (Fsp3) is 0.357. The highest BCUT2D eigenvalue weighted by Crippen LogP contribution is 2.34. The highest BCUT2D eigenvalue weighted by molar-refractivity contribution is 5.94. The van der Waals surface area contributed by atoms with Crippen LogP contribution in [-0.4, -0.2) is 39.5 Å².